The molecule has 25 heavy (non-hydrogen) atoms. The minimum atomic E-state index is -2.74. The zero-order valence-electron chi connectivity index (χ0n) is 14.3. The highest BCUT2D eigenvalue weighted by Gasteiger charge is 2.46. The van der Waals surface area contributed by atoms with Crippen molar-refractivity contribution in [3.8, 4) is 0 Å². The quantitative estimate of drug-likeness (QED) is 0.537. The third-order valence-corrected chi connectivity index (χ3v) is 5.16. The van der Waals surface area contributed by atoms with Crippen molar-refractivity contribution >= 4 is 5.91 Å². The van der Waals surface area contributed by atoms with Gasteiger partial charge in [0.05, 0.1) is 25.6 Å². The van der Waals surface area contributed by atoms with Crippen molar-refractivity contribution in [2.45, 2.75) is 50.4 Å². The molecule has 0 radical (unpaired) electrons. The lowest BCUT2D eigenvalue weighted by atomic mass is 10.1. The second-order valence-corrected chi connectivity index (χ2v) is 7.30. The van der Waals surface area contributed by atoms with Gasteiger partial charge in [-0.2, -0.15) is 0 Å². The fourth-order valence-electron chi connectivity index (χ4n) is 3.57. The first kappa shape index (κ1) is 18.2. The van der Waals surface area contributed by atoms with Gasteiger partial charge in [0.15, 0.2) is 6.04 Å². The summed E-state index contributed by atoms with van der Waals surface area (Å²) in [6.07, 6.45) is 1.19. The molecule has 3 rings (SSSR count). The van der Waals surface area contributed by atoms with Gasteiger partial charge in [0.2, 0.25) is 0 Å². The Bertz CT molecular complexity index is 586. The van der Waals surface area contributed by atoms with Crippen LogP contribution in [0.1, 0.15) is 30.4 Å². The summed E-state index contributed by atoms with van der Waals surface area (Å²) in [6, 6.07) is 7.36. The highest BCUT2D eigenvalue weighted by atomic mass is 19.3. The molecule has 5 nitrogen and oxygen atoms in total. The largest absolute Gasteiger partial charge is 0.393 e. The Balaban J connectivity index is 1.44. The molecule has 5 N–H and O–H groups in total. The topological polar surface area (TPSA) is 70.4 Å². The molecule has 1 amide bonds. The number of aliphatic hydroxyl groups excluding tert-OH is 1. The number of carbonyl (C=O) groups excluding carboxylic acids is 1. The van der Waals surface area contributed by atoms with Crippen LogP contribution < -0.4 is 15.5 Å². The van der Waals surface area contributed by atoms with Gasteiger partial charge in [-0.15, -0.1) is 0 Å². The first-order valence-corrected chi connectivity index (χ1v) is 9.00. The molecule has 0 spiro atoms. The smallest absolute Gasteiger partial charge is 0.301 e. The third kappa shape index (κ3) is 5.20. The fraction of sp³-hybridized carbons (Fsp3) is 0.611. The number of nitrogens with one attached hydrogen (secondary N) is 2. The summed E-state index contributed by atoms with van der Waals surface area (Å²) >= 11 is 0. The van der Waals surface area contributed by atoms with Crippen molar-refractivity contribution in [2.24, 2.45) is 0 Å². The van der Waals surface area contributed by atoms with Gasteiger partial charge < -0.3 is 20.6 Å². The first-order chi connectivity index (χ1) is 11.9. The first-order valence-electron chi connectivity index (χ1n) is 9.00. The van der Waals surface area contributed by atoms with E-state index in [4.69, 9.17) is 0 Å². The van der Waals surface area contributed by atoms with Crippen molar-refractivity contribution in [3.05, 3.63) is 35.4 Å². The van der Waals surface area contributed by atoms with Gasteiger partial charge in [0, 0.05) is 24.9 Å². The number of quaternary nitrogens is 2. The lowest BCUT2D eigenvalue weighted by Gasteiger charge is -2.26. The van der Waals surface area contributed by atoms with E-state index in [1.54, 1.807) is 0 Å². The molecule has 1 unspecified atom stereocenters. The number of nitrogens with two attached hydrogens (primary N) is 1. The van der Waals surface area contributed by atoms with Crippen LogP contribution in [0.5, 0.6) is 0 Å². The molecular weight excluding hydrogens is 328 g/mol. The van der Waals surface area contributed by atoms with E-state index in [9.17, 15) is 18.7 Å². The van der Waals surface area contributed by atoms with E-state index >= 15 is 0 Å². The molecule has 2 aliphatic heterocycles. The number of alkyl halides is 2. The number of rotatable bonds is 5. The number of halogens is 2. The molecule has 7 heteroatoms. The Labute approximate surface area is 146 Å². The maximum atomic E-state index is 13.1. The highest BCUT2D eigenvalue weighted by Crippen LogP contribution is 2.20. The molecule has 138 valence electrons. The number of amides is 1. The molecule has 1 aromatic rings. The normalized spacial score (nSPS) is 28.7. The molecule has 2 aliphatic rings. The van der Waals surface area contributed by atoms with E-state index in [0.717, 1.165) is 38.0 Å². The zero-order chi connectivity index (χ0) is 17.9. The number of likely N-dealkylation sites (tertiary alicyclic amines) is 1. The van der Waals surface area contributed by atoms with Gasteiger partial charge in [-0.3, -0.25) is 4.79 Å². The van der Waals surface area contributed by atoms with Crippen LogP contribution in [0.2, 0.25) is 0 Å². The van der Waals surface area contributed by atoms with E-state index in [1.165, 1.54) is 15.8 Å². The summed E-state index contributed by atoms with van der Waals surface area (Å²) in [7, 11) is 0. The lowest BCUT2D eigenvalue weighted by Crippen LogP contribution is -3.12. The summed E-state index contributed by atoms with van der Waals surface area (Å²) in [6.45, 7) is 2.96. The Kier molecular flexibility index (Phi) is 5.66. The number of hydrogen-bond donors (Lipinski definition) is 4. The van der Waals surface area contributed by atoms with Crippen LogP contribution in [0, 0.1) is 0 Å². The van der Waals surface area contributed by atoms with Crippen molar-refractivity contribution < 1.29 is 28.9 Å². The second kappa shape index (κ2) is 7.76. The number of benzene rings is 1. The van der Waals surface area contributed by atoms with Gasteiger partial charge in [0.1, 0.15) is 13.1 Å². The number of hydrogen-bond acceptors (Lipinski definition) is 2. The predicted molar refractivity (Wildman–Crippen MR) is 88.1 cm³/mol. The van der Waals surface area contributed by atoms with Crippen molar-refractivity contribution in [3.63, 3.8) is 0 Å². The monoisotopic (exact) mass is 355 g/mol. The van der Waals surface area contributed by atoms with Gasteiger partial charge in [-0.25, -0.2) is 8.78 Å². The summed E-state index contributed by atoms with van der Waals surface area (Å²) in [5.74, 6) is -3.06. The van der Waals surface area contributed by atoms with Gasteiger partial charge in [-0.05, 0) is 5.56 Å². The van der Waals surface area contributed by atoms with E-state index in [1.807, 2.05) is 12.1 Å². The van der Waals surface area contributed by atoms with Crippen LogP contribution in [0.3, 0.4) is 0 Å². The van der Waals surface area contributed by atoms with Crippen LogP contribution in [0.15, 0.2) is 24.3 Å². The van der Waals surface area contributed by atoms with Crippen LogP contribution in [-0.4, -0.2) is 48.7 Å². The Morgan fingerprint density at radius 2 is 1.88 bits per heavy atom. The van der Waals surface area contributed by atoms with Crippen LogP contribution >= 0.6 is 0 Å². The molecule has 0 bridgehead atoms. The summed E-state index contributed by atoms with van der Waals surface area (Å²) < 4.78 is 26.3. The maximum Gasteiger partial charge on any atom is 0.301 e. The third-order valence-electron chi connectivity index (χ3n) is 5.16. The van der Waals surface area contributed by atoms with Crippen molar-refractivity contribution in [2.75, 3.05) is 19.6 Å². The van der Waals surface area contributed by atoms with E-state index in [-0.39, 0.29) is 25.0 Å². The molecule has 1 atom stereocenters. The Morgan fingerprint density at radius 3 is 2.48 bits per heavy atom. The summed E-state index contributed by atoms with van der Waals surface area (Å²) in [5, 5.41) is 13.7. The van der Waals surface area contributed by atoms with E-state index < -0.39 is 12.0 Å². The molecular formula is C18H27F2N3O2+2. The van der Waals surface area contributed by atoms with E-state index in [2.05, 4.69) is 17.4 Å². The fourth-order valence-corrected chi connectivity index (χ4v) is 3.57. The number of piperidine rings is 1. The molecule has 0 saturated carbocycles. The second-order valence-electron chi connectivity index (χ2n) is 7.30. The van der Waals surface area contributed by atoms with Crippen molar-refractivity contribution in [1.29, 1.82) is 0 Å². The van der Waals surface area contributed by atoms with Crippen LogP contribution in [-0.2, 0) is 17.9 Å². The highest BCUT2D eigenvalue weighted by molar-refractivity contribution is 5.80. The predicted octanol–water partition coefficient (Wildman–Crippen LogP) is -1.19. The summed E-state index contributed by atoms with van der Waals surface area (Å²) in [4.78, 5) is 13.4. The summed E-state index contributed by atoms with van der Waals surface area (Å²) in [5.41, 5.74) is 2.19. The average molecular weight is 355 g/mol. The number of carbonyl (C=O) groups is 1. The molecule has 0 aliphatic carbocycles. The maximum absolute atomic E-state index is 13.1. The molecule has 1 aromatic carbocycles. The van der Waals surface area contributed by atoms with Gasteiger partial charge in [-0.1, -0.05) is 24.3 Å². The molecule has 2 heterocycles. The minimum Gasteiger partial charge on any atom is -0.393 e. The molecule has 0 aromatic heterocycles. The molecule has 2 saturated heterocycles. The number of aliphatic hydroxyl groups is 1. The zero-order valence-corrected chi connectivity index (χ0v) is 14.3. The lowest BCUT2D eigenvalue weighted by molar-refractivity contribution is -0.919. The van der Waals surface area contributed by atoms with Crippen molar-refractivity contribution in [1.82, 2.24) is 5.32 Å². The van der Waals surface area contributed by atoms with Crippen LogP contribution in [0.4, 0.5) is 8.78 Å². The average Bonchev–Trinajstić information content (AvgIpc) is 2.96. The standard InChI is InChI=1S/C18H25F2N3O2/c19-18(20)9-16(22-12-18)17(25)21-10-13-1-3-14(4-2-13)11-23-7-5-15(24)6-8-23/h1-4,15-16,22,24H,5-12H2,(H,21,25)/p+2. The SMILES string of the molecule is O=C(NCc1ccc(C[NH+]2CCC(O)CC2)cc1)C1CC(F)(F)C[NH2+]1. The Morgan fingerprint density at radius 1 is 1.24 bits per heavy atom. The van der Waals surface area contributed by atoms with Gasteiger partial charge >= 0.3 is 5.92 Å². The Hall–Kier alpha value is -1.57. The van der Waals surface area contributed by atoms with Crippen LogP contribution in [0.25, 0.3) is 0 Å². The van der Waals surface area contributed by atoms with Gasteiger partial charge in [0.25, 0.3) is 5.91 Å². The molecule has 2 fully saturated rings. The minimum absolute atomic E-state index is 0.146. The van der Waals surface area contributed by atoms with E-state index in [0.29, 0.717) is 6.54 Å².